The number of aliphatic hydroxyl groups excluding tert-OH is 1. The number of anilines is 2. The van der Waals surface area contributed by atoms with Gasteiger partial charge in [-0.2, -0.15) is 8.78 Å². The Hall–Kier alpha value is -3.42. The lowest BCUT2D eigenvalue weighted by atomic mass is 10.2. The first-order valence-corrected chi connectivity index (χ1v) is 10.6. The Labute approximate surface area is 198 Å². The van der Waals surface area contributed by atoms with Crippen LogP contribution in [0.5, 0.6) is 0 Å². The molecule has 13 heteroatoms. The lowest BCUT2D eigenvalue weighted by molar-refractivity contribution is -0.132. The van der Waals surface area contributed by atoms with Crippen molar-refractivity contribution in [1.82, 2.24) is 10.4 Å². The summed E-state index contributed by atoms with van der Waals surface area (Å²) in [6.07, 6.45) is -4.76. The first kappa shape index (κ1) is 26.2. The van der Waals surface area contributed by atoms with Crippen LogP contribution in [-0.2, 0) is 9.63 Å². The highest BCUT2D eigenvalue weighted by Crippen LogP contribution is 2.29. The summed E-state index contributed by atoms with van der Waals surface area (Å²) in [7, 11) is 0. The molecular formula is C22H24F4N4O5. The number of aliphatic hydroxyl groups is 1. The highest BCUT2D eigenvalue weighted by Gasteiger charge is 2.26. The van der Waals surface area contributed by atoms with Crippen LogP contribution in [0.25, 0.3) is 0 Å². The van der Waals surface area contributed by atoms with E-state index in [0.29, 0.717) is 10.6 Å². The van der Waals surface area contributed by atoms with Crippen LogP contribution in [0.3, 0.4) is 0 Å². The van der Waals surface area contributed by atoms with Gasteiger partial charge in [-0.25, -0.2) is 13.8 Å². The SMILES string of the molecule is O=C(NC[C@H](O)CN(O)c1cc(F)c(N2CCON(C(=O)c3ccccc3)CC2)c(F)c1)C(F)F. The summed E-state index contributed by atoms with van der Waals surface area (Å²) < 4.78 is 54.1. The molecule has 1 saturated heterocycles. The predicted octanol–water partition coefficient (Wildman–Crippen LogP) is 1.80. The number of hydrogen-bond acceptors (Lipinski definition) is 7. The molecule has 2 aromatic rings. The predicted molar refractivity (Wildman–Crippen MR) is 116 cm³/mol. The second kappa shape index (κ2) is 11.8. The summed E-state index contributed by atoms with van der Waals surface area (Å²) in [4.78, 5) is 30.2. The molecule has 1 aliphatic heterocycles. The molecule has 190 valence electrons. The van der Waals surface area contributed by atoms with Gasteiger partial charge in [0.25, 0.3) is 11.8 Å². The van der Waals surface area contributed by atoms with Gasteiger partial charge in [0.1, 0.15) is 5.69 Å². The first-order chi connectivity index (χ1) is 16.7. The van der Waals surface area contributed by atoms with Gasteiger partial charge in [0.15, 0.2) is 11.6 Å². The van der Waals surface area contributed by atoms with Gasteiger partial charge >= 0.3 is 6.43 Å². The van der Waals surface area contributed by atoms with E-state index in [0.717, 1.165) is 17.2 Å². The van der Waals surface area contributed by atoms with E-state index in [1.165, 1.54) is 4.90 Å². The van der Waals surface area contributed by atoms with Crippen LogP contribution in [0, 0.1) is 11.6 Å². The average Bonchev–Trinajstić information content (AvgIpc) is 3.08. The van der Waals surface area contributed by atoms with Gasteiger partial charge < -0.3 is 15.3 Å². The standard InChI is InChI=1S/C22H24F4N4O5/c23-17-10-15(29(34)13-16(31)12-27-21(32)20(25)26)11-18(24)19(17)28-6-7-30(35-9-8-28)22(33)14-4-2-1-3-5-14/h1-5,10-11,16,20,31,34H,6-9,12-13H2,(H,27,32)/t16-/m0/s1. The molecule has 35 heavy (non-hydrogen) atoms. The Morgan fingerprint density at radius 3 is 2.37 bits per heavy atom. The summed E-state index contributed by atoms with van der Waals surface area (Å²) in [6, 6.07) is 10.1. The molecule has 0 spiro atoms. The van der Waals surface area contributed by atoms with Crippen molar-refractivity contribution < 1.29 is 42.3 Å². The second-order valence-corrected chi connectivity index (χ2v) is 7.63. The normalized spacial score (nSPS) is 15.1. The third-order valence-electron chi connectivity index (χ3n) is 5.14. The minimum atomic E-state index is -3.27. The number of carbonyl (C=O) groups excluding carboxylic acids is 2. The zero-order valence-electron chi connectivity index (χ0n) is 18.4. The number of carbonyl (C=O) groups is 2. The van der Waals surface area contributed by atoms with Gasteiger partial charge in [-0.05, 0) is 12.1 Å². The summed E-state index contributed by atoms with van der Waals surface area (Å²) in [5, 5.41) is 23.1. The van der Waals surface area contributed by atoms with E-state index in [1.54, 1.807) is 35.6 Å². The molecule has 1 atom stereocenters. The molecule has 0 aliphatic carbocycles. The zero-order chi connectivity index (χ0) is 25.5. The highest BCUT2D eigenvalue weighted by atomic mass is 19.3. The van der Waals surface area contributed by atoms with Crippen LogP contribution in [0.4, 0.5) is 28.9 Å². The molecule has 3 N–H and O–H groups in total. The smallest absolute Gasteiger partial charge is 0.315 e. The maximum Gasteiger partial charge on any atom is 0.315 e. The molecule has 1 fully saturated rings. The molecule has 0 unspecified atom stereocenters. The number of alkyl halides is 2. The van der Waals surface area contributed by atoms with E-state index >= 15 is 0 Å². The summed E-state index contributed by atoms with van der Waals surface area (Å²) in [5.74, 6) is -4.01. The summed E-state index contributed by atoms with van der Waals surface area (Å²) >= 11 is 0. The third kappa shape index (κ3) is 6.81. The molecule has 2 amide bonds. The van der Waals surface area contributed by atoms with Crippen LogP contribution in [0.1, 0.15) is 10.4 Å². The lowest BCUT2D eigenvalue weighted by Gasteiger charge is -2.25. The van der Waals surface area contributed by atoms with Gasteiger partial charge in [-0.15, -0.1) is 0 Å². The molecule has 9 nitrogen and oxygen atoms in total. The molecule has 0 radical (unpaired) electrons. The van der Waals surface area contributed by atoms with Crippen molar-refractivity contribution in [2.24, 2.45) is 0 Å². The Morgan fingerprint density at radius 2 is 1.74 bits per heavy atom. The van der Waals surface area contributed by atoms with Crippen molar-refractivity contribution in [3.63, 3.8) is 0 Å². The average molecular weight is 500 g/mol. The number of hydrogen-bond donors (Lipinski definition) is 3. The van der Waals surface area contributed by atoms with E-state index in [1.807, 2.05) is 0 Å². The van der Waals surface area contributed by atoms with E-state index in [4.69, 9.17) is 4.84 Å². The molecule has 0 aromatic heterocycles. The molecular weight excluding hydrogens is 476 g/mol. The van der Waals surface area contributed by atoms with Crippen molar-refractivity contribution in [3.05, 3.63) is 59.7 Å². The van der Waals surface area contributed by atoms with E-state index in [-0.39, 0.29) is 43.5 Å². The van der Waals surface area contributed by atoms with Crippen LogP contribution in [0.15, 0.2) is 42.5 Å². The number of amides is 2. The number of benzene rings is 2. The first-order valence-electron chi connectivity index (χ1n) is 10.6. The number of nitrogens with zero attached hydrogens (tertiary/aromatic N) is 3. The van der Waals surface area contributed by atoms with Crippen molar-refractivity contribution in [2.75, 3.05) is 49.3 Å². The molecule has 1 heterocycles. The number of halogens is 4. The molecule has 0 bridgehead atoms. The van der Waals surface area contributed by atoms with Crippen molar-refractivity contribution in [3.8, 4) is 0 Å². The second-order valence-electron chi connectivity index (χ2n) is 7.63. The molecule has 2 aromatic carbocycles. The monoisotopic (exact) mass is 500 g/mol. The van der Waals surface area contributed by atoms with Crippen LogP contribution < -0.4 is 15.3 Å². The lowest BCUT2D eigenvalue weighted by Crippen LogP contribution is -2.41. The quantitative estimate of drug-likeness (QED) is 0.375. The maximum absolute atomic E-state index is 14.8. The van der Waals surface area contributed by atoms with E-state index < -0.39 is 43.2 Å². The van der Waals surface area contributed by atoms with Crippen LogP contribution in [0.2, 0.25) is 0 Å². The summed E-state index contributed by atoms with van der Waals surface area (Å²) in [6.45, 7) is -1.04. The fourth-order valence-electron chi connectivity index (χ4n) is 3.43. The zero-order valence-corrected chi connectivity index (χ0v) is 18.4. The number of rotatable bonds is 8. The van der Waals surface area contributed by atoms with Crippen molar-refractivity contribution >= 4 is 23.2 Å². The minimum absolute atomic E-state index is 0.0120. The topological polar surface area (TPSA) is 106 Å². The van der Waals surface area contributed by atoms with Crippen molar-refractivity contribution in [2.45, 2.75) is 12.5 Å². The minimum Gasteiger partial charge on any atom is -0.389 e. The van der Waals surface area contributed by atoms with E-state index in [2.05, 4.69) is 0 Å². The number of nitrogens with one attached hydrogen (secondary N) is 1. The van der Waals surface area contributed by atoms with Gasteiger partial charge in [0, 0.05) is 37.3 Å². The summed E-state index contributed by atoms with van der Waals surface area (Å²) in [5.41, 5.74) is -0.318. The van der Waals surface area contributed by atoms with Crippen LogP contribution >= 0.6 is 0 Å². The fourth-order valence-corrected chi connectivity index (χ4v) is 3.43. The molecule has 3 rings (SSSR count). The molecule has 0 saturated carbocycles. The van der Waals surface area contributed by atoms with E-state index in [9.17, 15) is 37.5 Å². The third-order valence-corrected chi connectivity index (χ3v) is 5.14. The Morgan fingerprint density at radius 1 is 1.09 bits per heavy atom. The highest BCUT2D eigenvalue weighted by molar-refractivity contribution is 5.93. The fraction of sp³-hybridized carbons (Fsp3) is 0.364. The maximum atomic E-state index is 14.8. The van der Waals surface area contributed by atoms with Gasteiger partial charge in [0.05, 0.1) is 31.5 Å². The van der Waals surface area contributed by atoms with Crippen LogP contribution in [-0.4, -0.2) is 79.1 Å². The Bertz CT molecular complexity index is 1010. The largest absolute Gasteiger partial charge is 0.389 e. The van der Waals surface area contributed by atoms with Gasteiger partial charge in [0.2, 0.25) is 0 Å². The van der Waals surface area contributed by atoms with Crippen molar-refractivity contribution in [1.29, 1.82) is 0 Å². The van der Waals surface area contributed by atoms with Gasteiger partial charge in [-0.1, -0.05) is 18.2 Å². The Balaban J connectivity index is 1.64. The molecule has 1 aliphatic rings. The Kier molecular flexibility index (Phi) is 8.84. The number of hydroxylamine groups is 3. The van der Waals surface area contributed by atoms with Gasteiger partial charge in [-0.3, -0.25) is 24.7 Å².